The van der Waals surface area contributed by atoms with Gasteiger partial charge in [-0.2, -0.15) is 0 Å². The SMILES string of the molecule is C[P](c1ccccc1)(c1ccccc1)c1ccccc1.[Cl][Sb]([c]1ccccc1)[c]1ccccc1. The Kier molecular flexibility index (Phi) is 9.01. The van der Waals surface area contributed by atoms with Crippen molar-refractivity contribution in [1.82, 2.24) is 0 Å². The molecular weight excluding hydrogens is 561 g/mol. The second-order valence-electron chi connectivity index (χ2n) is 7.96. The fraction of sp³-hybridized carbons (Fsp3) is 0.0323. The van der Waals surface area contributed by atoms with E-state index in [-0.39, 0.29) is 0 Å². The van der Waals surface area contributed by atoms with Crippen molar-refractivity contribution in [3.63, 3.8) is 0 Å². The molecule has 5 aromatic rings. The first-order valence-corrected chi connectivity index (χ1v) is 19.3. The summed E-state index contributed by atoms with van der Waals surface area (Å²) in [5.74, 6) is 0. The molecule has 0 bridgehead atoms. The number of hydrogen-bond donors (Lipinski definition) is 0. The van der Waals surface area contributed by atoms with E-state index in [1.807, 2.05) is 12.1 Å². The van der Waals surface area contributed by atoms with Gasteiger partial charge in [0.15, 0.2) is 0 Å². The average molecular weight is 589 g/mol. The van der Waals surface area contributed by atoms with Crippen LogP contribution < -0.4 is 22.9 Å². The molecule has 3 heteroatoms. The van der Waals surface area contributed by atoms with Gasteiger partial charge in [0.25, 0.3) is 0 Å². The summed E-state index contributed by atoms with van der Waals surface area (Å²) in [5, 5.41) is 4.28. The van der Waals surface area contributed by atoms with Gasteiger partial charge in [-0.1, -0.05) is 91.0 Å². The van der Waals surface area contributed by atoms with Gasteiger partial charge in [0, 0.05) is 0 Å². The molecule has 0 aliphatic carbocycles. The van der Waals surface area contributed by atoms with E-state index in [1.165, 1.54) is 22.9 Å². The molecule has 0 saturated heterocycles. The maximum absolute atomic E-state index is 6.51. The summed E-state index contributed by atoms with van der Waals surface area (Å²) < 4.78 is 2.65. The molecule has 0 aromatic heterocycles. The average Bonchev–Trinajstić information content (AvgIpc) is 2.95. The van der Waals surface area contributed by atoms with Crippen LogP contribution in [0.2, 0.25) is 0 Å². The third kappa shape index (κ3) is 6.00. The normalized spacial score (nSPS) is 10.9. The van der Waals surface area contributed by atoms with Gasteiger partial charge >= 0.3 is 95.6 Å². The van der Waals surface area contributed by atoms with Gasteiger partial charge in [0.2, 0.25) is 0 Å². The zero-order valence-electron chi connectivity index (χ0n) is 19.2. The van der Waals surface area contributed by atoms with E-state index in [2.05, 4.69) is 146 Å². The van der Waals surface area contributed by atoms with E-state index >= 15 is 0 Å². The second-order valence-corrected chi connectivity index (χ2v) is 18.3. The molecule has 0 amide bonds. The van der Waals surface area contributed by atoms with Gasteiger partial charge < -0.3 is 0 Å². The van der Waals surface area contributed by atoms with E-state index in [0.29, 0.717) is 0 Å². The Hall–Kier alpha value is -2.36. The molecule has 0 aliphatic rings. The Balaban J connectivity index is 0.000000172. The number of rotatable bonds is 5. The molecule has 169 valence electrons. The summed E-state index contributed by atoms with van der Waals surface area (Å²) in [4.78, 5) is 0. The number of benzene rings is 5. The van der Waals surface area contributed by atoms with Crippen LogP contribution in [-0.4, -0.2) is 25.7 Å². The molecule has 0 saturated carbocycles. The van der Waals surface area contributed by atoms with Crippen LogP contribution in [0.4, 0.5) is 0 Å². The first kappa shape index (κ1) is 24.8. The van der Waals surface area contributed by atoms with Crippen molar-refractivity contribution in [3.05, 3.63) is 152 Å². The quantitative estimate of drug-likeness (QED) is 0.184. The summed E-state index contributed by atoms with van der Waals surface area (Å²) in [7, 11) is 4.99. The summed E-state index contributed by atoms with van der Waals surface area (Å²) >= 11 is -1.90. The Morgan fingerprint density at radius 3 is 0.912 bits per heavy atom. The van der Waals surface area contributed by atoms with Crippen molar-refractivity contribution in [2.45, 2.75) is 0 Å². The van der Waals surface area contributed by atoms with Crippen molar-refractivity contribution in [2.75, 3.05) is 6.66 Å². The summed E-state index contributed by atoms with van der Waals surface area (Å²) in [6.45, 7) is 2.41. The van der Waals surface area contributed by atoms with Gasteiger partial charge in [-0.3, -0.25) is 0 Å². The van der Waals surface area contributed by atoms with Crippen molar-refractivity contribution >= 4 is 58.1 Å². The fourth-order valence-electron chi connectivity index (χ4n) is 3.89. The van der Waals surface area contributed by atoms with Crippen LogP contribution in [-0.2, 0) is 0 Å². The topological polar surface area (TPSA) is 0 Å². The predicted octanol–water partition coefficient (Wildman–Crippen LogP) is 5.64. The van der Waals surface area contributed by atoms with E-state index in [9.17, 15) is 0 Å². The van der Waals surface area contributed by atoms with Crippen LogP contribution in [0.1, 0.15) is 0 Å². The first-order chi connectivity index (χ1) is 16.7. The van der Waals surface area contributed by atoms with Crippen molar-refractivity contribution in [2.24, 2.45) is 0 Å². The van der Waals surface area contributed by atoms with Gasteiger partial charge in [-0.05, 0) is 29.8 Å². The van der Waals surface area contributed by atoms with E-state index in [4.69, 9.17) is 8.83 Å². The molecule has 0 heterocycles. The molecule has 34 heavy (non-hydrogen) atoms. The molecule has 0 atom stereocenters. The predicted molar refractivity (Wildman–Crippen MR) is 155 cm³/mol. The van der Waals surface area contributed by atoms with Gasteiger partial charge in [-0.25, -0.2) is 0 Å². The molecule has 0 aliphatic heterocycles. The molecular formula is C31H28ClPSb. The van der Waals surface area contributed by atoms with Crippen LogP contribution in [0.15, 0.2) is 152 Å². The molecule has 0 fully saturated rings. The first-order valence-electron chi connectivity index (χ1n) is 11.3. The van der Waals surface area contributed by atoms with E-state index in [0.717, 1.165) is 0 Å². The van der Waals surface area contributed by atoms with Gasteiger partial charge in [-0.15, -0.1) is 0 Å². The van der Waals surface area contributed by atoms with Crippen molar-refractivity contribution in [1.29, 1.82) is 0 Å². The molecule has 1 radical (unpaired) electrons. The zero-order valence-corrected chi connectivity index (χ0v) is 23.4. The monoisotopic (exact) mass is 587 g/mol. The van der Waals surface area contributed by atoms with Crippen molar-refractivity contribution < 1.29 is 0 Å². The van der Waals surface area contributed by atoms with E-state index in [1.54, 1.807) is 0 Å². The van der Waals surface area contributed by atoms with Crippen LogP contribution in [0.5, 0.6) is 0 Å². The molecule has 0 unspecified atom stereocenters. The fourth-order valence-corrected chi connectivity index (χ4v) is 11.9. The number of halogens is 1. The summed E-state index contributed by atoms with van der Waals surface area (Å²) in [5.41, 5.74) is 0. The zero-order chi connectivity index (χ0) is 23.6. The Morgan fingerprint density at radius 2 is 0.647 bits per heavy atom. The van der Waals surface area contributed by atoms with Gasteiger partial charge in [0.05, 0.1) is 0 Å². The van der Waals surface area contributed by atoms with Crippen LogP contribution in [0.3, 0.4) is 0 Å². The van der Waals surface area contributed by atoms with Crippen molar-refractivity contribution in [3.8, 4) is 0 Å². The maximum atomic E-state index is 6.51. The third-order valence-electron chi connectivity index (χ3n) is 5.78. The second kappa shape index (κ2) is 12.4. The molecule has 5 rings (SSSR count). The molecule has 5 aromatic carbocycles. The Labute approximate surface area is 215 Å². The third-order valence-corrected chi connectivity index (χ3v) is 16.7. The van der Waals surface area contributed by atoms with E-state index < -0.39 is 26.3 Å². The number of hydrogen-bond acceptors (Lipinski definition) is 0. The van der Waals surface area contributed by atoms with Crippen LogP contribution in [0.25, 0.3) is 0 Å². The summed E-state index contributed by atoms with van der Waals surface area (Å²) in [6, 6.07) is 53.4. The molecule has 0 nitrogen and oxygen atoms in total. The molecule has 0 N–H and O–H groups in total. The standard InChI is InChI=1S/C19H18P.2C6H5.ClH.Sb/c1-20(17-11-5-2-6-12-17,18-13-7-3-8-14-18)19-15-9-4-10-16-19;2*1-2-4-6-5-3-1;;/h2-16H,1H3;2*1-5H;1H;/q;;;;+1/p-1. The summed E-state index contributed by atoms with van der Waals surface area (Å²) in [6.07, 6.45) is 0. The van der Waals surface area contributed by atoms with Crippen LogP contribution in [0, 0.1) is 0 Å². The minimum absolute atomic E-state index is 1.32. The van der Waals surface area contributed by atoms with Crippen LogP contribution >= 0.6 is 16.1 Å². The minimum atomic E-state index is -1.90. The molecule has 0 spiro atoms. The Bertz CT molecular complexity index is 1110. The van der Waals surface area contributed by atoms with Gasteiger partial charge in [0.1, 0.15) is 0 Å². The Morgan fingerprint density at radius 1 is 0.412 bits per heavy atom.